The number of nitrogens with one attached hydrogen (secondary N) is 1. The maximum absolute atomic E-state index is 12.0. The number of amidine groups is 1. The van der Waals surface area contributed by atoms with E-state index >= 15 is 0 Å². The van der Waals surface area contributed by atoms with Crippen molar-refractivity contribution >= 4 is 35.3 Å². The van der Waals surface area contributed by atoms with Crippen LogP contribution in [-0.2, 0) is 17.8 Å². The number of aromatic nitrogens is 3. The summed E-state index contributed by atoms with van der Waals surface area (Å²) in [5.41, 5.74) is 1.90. The fraction of sp³-hybridized carbons (Fsp3) is 0.273. The third-order valence-corrected chi connectivity index (χ3v) is 6.04. The molecule has 2 heterocycles. The number of aromatic amines is 1. The molecule has 5 rings (SSSR count). The Morgan fingerprint density at radius 1 is 1.10 bits per heavy atom. The number of hydrogen-bond acceptors (Lipinski definition) is 6. The Bertz CT molecular complexity index is 1130. The van der Waals surface area contributed by atoms with Gasteiger partial charge in [0, 0.05) is 28.1 Å². The number of aldehydes is 1. The molecule has 158 valence electrons. The Labute approximate surface area is 189 Å². The van der Waals surface area contributed by atoms with Gasteiger partial charge in [0.1, 0.15) is 5.82 Å². The van der Waals surface area contributed by atoms with Gasteiger partial charge in [-0.15, -0.1) is 0 Å². The van der Waals surface area contributed by atoms with Crippen molar-refractivity contribution in [3.63, 3.8) is 0 Å². The van der Waals surface area contributed by atoms with Crippen LogP contribution in [0.25, 0.3) is 0 Å². The maximum Gasteiger partial charge on any atom is 0.176 e. The molecule has 1 atom stereocenters. The quantitative estimate of drug-likeness (QED) is 0.548. The summed E-state index contributed by atoms with van der Waals surface area (Å²) in [6, 6.07) is 15.5. The molecule has 31 heavy (non-hydrogen) atoms. The first-order valence-corrected chi connectivity index (χ1v) is 10.9. The van der Waals surface area contributed by atoms with E-state index in [1.165, 1.54) is 0 Å². The molecule has 0 amide bonds. The second-order valence-corrected chi connectivity index (χ2v) is 8.53. The monoisotopic (exact) mass is 454 g/mol. The standard InChI is InChI=1S/C22H20Cl2N6O/c23-16-7-5-14(6-8-16)22-28-29(21(13-31)30(22)17-9-10-17)12-20-25-19(26-27-20)11-15-3-1-2-4-18(15)24/h1-8,13,17,21H,9-12H2,(H,25,26,27). The summed E-state index contributed by atoms with van der Waals surface area (Å²) in [5.74, 6) is 2.07. The second kappa shape index (κ2) is 8.32. The molecule has 1 saturated carbocycles. The van der Waals surface area contributed by atoms with Crippen molar-refractivity contribution in [2.75, 3.05) is 0 Å². The molecule has 2 aromatic carbocycles. The highest BCUT2D eigenvalue weighted by atomic mass is 35.5. The van der Waals surface area contributed by atoms with Crippen LogP contribution in [-0.4, -0.2) is 49.4 Å². The fourth-order valence-electron chi connectivity index (χ4n) is 3.76. The lowest BCUT2D eigenvalue weighted by Crippen LogP contribution is -2.44. The highest BCUT2D eigenvalue weighted by Crippen LogP contribution is 2.35. The van der Waals surface area contributed by atoms with Gasteiger partial charge in [0.15, 0.2) is 24.1 Å². The summed E-state index contributed by atoms with van der Waals surface area (Å²) >= 11 is 12.3. The molecule has 1 aromatic heterocycles. The van der Waals surface area contributed by atoms with Gasteiger partial charge >= 0.3 is 0 Å². The molecule has 2 aliphatic rings. The van der Waals surface area contributed by atoms with Gasteiger partial charge in [-0.1, -0.05) is 41.4 Å². The van der Waals surface area contributed by atoms with Crippen LogP contribution in [0.2, 0.25) is 10.0 Å². The Hall–Kier alpha value is -2.90. The normalized spacial score (nSPS) is 18.4. The third-order valence-electron chi connectivity index (χ3n) is 5.42. The molecule has 9 heteroatoms. The van der Waals surface area contributed by atoms with Gasteiger partial charge in [-0.25, -0.2) is 4.98 Å². The van der Waals surface area contributed by atoms with Gasteiger partial charge in [-0.05, 0) is 48.7 Å². The minimum atomic E-state index is -0.477. The maximum atomic E-state index is 12.0. The van der Waals surface area contributed by atoms with E-state index in [0.717, 1.165) is 36.1 Å². The zero-order valence-corrected chi connectivity index (χ0v) is 18.1. The van der Waals surface area contributed by atoms with E-state index in [2.05, 4.69) is 20.1 Å². The molecule has 1 aliphatic carbocycles. The summed E-state index contributed by atoms with van der Waals surface area (Å²) < 4.78 is 0. The first-order valence-electron chi connectivity index (χ1n) is 10.1. The number of carbonyl (C=O) groups excluding carboxylic acids is 1. The first-order chi connectivity index (χ1) is 15.1. The van der Waals surface area contributed by atoms with Crippen LogP contribution in [0.1, 0.15) is 35.6 Å². The molecule has 0 saturated heterocycles. The minimum Gasteiger partial charge on any atom is -0.324 e. The predicted octanol–water partition coefficient (Wildman–Crippen LogP) is 3.87. The predicted molar refractivity (Wildman–Crippen MR) is 119 cm³/mol. The van der Waals surface area contributed by atoms with E-state index in [1.54, 1.807) is 5.01 Å². The number of hydrogen-bond donors (Lipinski definition) is 1. The van der Waals surface area contributed by atoms with Crippen LogP contribution < -0.4 is 0 Å². The lowest BCUT2D eigenvalue weighted by atomic mass is 10.1. The van der Waals surface area contributed by atoms with Crippen molar-refractivity contribution < 1.29 is 4.79 Å². The van der Waals surface area contributed by atoms with Gasteiger partial charge in [0.2, 0.25) is 0 Å². The fourth-order valence-corrected chi connectivity index (χ4v) is 4.09. The zero-order valence-electron chi connectivity index (χ0n) is 16.6. The second-order valence-electron chi connectivity index (χ2n) is 7.68. The number of nitrogens with zero attached hydrogens (tertiary/aromatic N) is 5. The number of H-pyrrole nitrogens is 1. The number of hydrazone groups is 1. The van der Waals surface area contributed by atoms with E-state index in [0.29, 0.717) is 40.7 Å². The van der Waals surface area contributed by atoms with Crippen LogP contribution in [0.4, 0.5) is 0 Å². The van der Waals surface area contributed by atoms with Crippen molar-refractivity contribution in [1.82, 2.24) is 25.1 Å². The van der Waals surface area contributed by atoms with Gasteiger partial charge in [-0.3, -0.25) is 14.9 Å². The van der Waals surface area contributed by atoms with E-state index in [4.69, 9.17) is 28.3 Å². The molecule has 1 fully saturated rings. The Kier molecular flexibility index (Phi) is 5.38. The molecule has 0 spiro atoms. The van der Waals surface area contributed by atoms with Gasteiger partial charge in [0.25, 0.3) is 0 Å². The molecule has 1 N–H and O–H groups in total. The van der Waals surface area contributed by atoms with E-state index in [9.17, 15) is 4.79 Å². The van der Waals surface area contributed by atoms with E-state index < -0.39 is 6.17 Å². The summed E-state index contributed by atoms with van der Waals surface area (Å²) in [6.45, 7) is 0.346. The summed E-state index contributed by atoms with van der Waals surface area (Å²) in [5, 5.41) is 15.2. The van der Waals surface area contributed by atoms with Crippen molar-refractivity contribution in [3.05, 3.63) is 81.4 Å². The van der Waals surface area contributed by atoms with Crippen LogP contribution >= 0.6 is 23.2 Å². The van der Waals surface area contributed by atoms with Gasteiger partial charge in [-0.2, -0.15) is 10.2 Å². The highest BCUT2D eigenvalue weighted by molar-refractivity contribution is 6.31. The first kappa shape index (κ1) is 20.0. The van der Waals surface area contributed by atoms with Gasteiger partial charge < -0.3 is 4.90 Å². The molecule has 7 nitrogen and oxygen atoms in total. The molecule has 3 aromatic rings. The lowest BCUT2D eigenvalue weighted by Gasteiger charge is -2.27. The van der Waals surface area contributed by atoms with E-state index in [-0.39, 0.29) is 0 Å². The van der Waals surface area contributed by atoms with Crippen molar-refractivity contribution in [2.24, 2.45) is 5.10 Å². The van der Waals surface area contributed by atoms with Crippen LogP contribution in [0.5, 0.6) is 0 Å². The molecule has 1 unspecified atom stereocenters. The lowest BCUT2D eigenvalue weighted by molar-refractivity contribution is -0.115. The van der Waals surface area contributed by atoms with Gasteiger partial charge in [0.05, 0.1) is 6.54 Å². The third kappa shape index (κ3) is 4.16. The Morgan fingerprint density at radius 2 is 1.87 bits per heavy atom. The van der Waals surface area contributed by atoms with E-state index in [1.807, 2.05) is 48.5 Å². The summed E-state index contributed by atoms with van der Waals surface area (Å²) in [7, 11) is 0. The number of rotatable bonds is 7. The van der Waals surface area contributed by atoms with Crippen LogP contribution in [0, 0.1) is 0 Å². The molecule has 1 aliphatic heterocycles. The summed E-state index contributed by atoms with van der Waals surface area (Å²) in [6.07, 6.45) is 3.09. The zero-order chi connectivity index (χ0) is 21.4. The smallest absolute Gasteiger partial charge is 0.176 e. The number of carbonyl (C=O) groups is 1. The van der Waals surface area contributed by atoms with Crippen LogP contribution in [0.15, 0.2) is 53.6 Å². The Balaban J connectivity index is 1.38. The Morgan fingerprint density at radius 3 is 2.58 bits per heavy atom. The average molecular weight is 455 g/mol. The van der Waals surface area contributed by atoms with Crippen molar-refractivity contribution in [2.45, 2.75) is 38.0 Å². The number of halogens is 2. The van der Waals surface area contributed by atoms with Crippen LogP contribution in [0.3, 0.4) is 0 Å². The molecular formula is C22H20Cl2N6O. The number of benzene rings is 2. The largest absolute Gasteiger partial charge is 0.324 e. The molecule has 0 radical (unpaired) electrons. The average Bonchev–Trinajstić information content (AvgIpc) is 3.41. The summed E-state index contributed by atoms with van der Waals surface area (Å²) in [4.78, 5) is 18.7. The SMILES string of the molecule is O=CC1N(Cc2nc(Cc3ccccc3Cl)n[nH]2)N=C(c2ccc(Cl)cc2)N1C1CC1. The van der Waals surface area contributed by atoms with Crippen molar-refractivity contribution in [1.29, 1.82) is 0 Å². The topological polar surface area (TPSA) is 77.5 Å². The molecular weight excluding hydrogens is 435 g/mol. The highest BCUT2D eigenvalue weighted by Gasteiger charge is 2.43. The molecule has 0 bridgehead atoms. The minimum absolute atomic E-state index is 0.320. The van der Waals surface area contributed by atoms with Crippen molar-refractivity contribution in [3.8, 4) is 0 Å².